The number of carbonyl (C=O) groups is 1. The van der Waals surface area contributed by atoms with Crippen LogP contribution in [0.2, 0.25) is 0 Å². The first-order valence-electron chi connectivity index (χ1n) is 5.17. The number of hydrogen-bond acceptors (Lipinski definition) is 3. The van der Waals surface area contributed by atoms with Crippen LogP contribution in [0.4, 0.5) is 0 Å². The molecule has 1 heterocycles. The molecule has 0 amide bonds. The number of hydrogen-bond donors (Lipinski definition) is 0. The number of rotatable bonds is 2. The minimum atomic E-state index is -0.247. The van der Waals surface area contributed by atoms with E-state index in [1.165, 1.54) is 0 Å². The molecule has 4 unspecified atom stereocenters. The van der Waals surface area contributed by atoms with Crippen molar-refractivity contribution in [3.05, 3.63) is 0 Å². The van der Waals surface area contributed by atoms with Gasteiger partial charge in [0.05, 0.1) is 0 Å². The number of fused-ring (bicyclic) bond motifs is 1. The first-order chi connectivity index (χ1) is 6.48. The molecule has 0 aromatic carbocycles. The molecule has 2 aliphatic rings. The Bertz CT molecular complexity index is 259. The van der Waals surface area contributed by atoms with E-state index in [1.54, 1.807) is 14.0 Å². The Hall–Kier alpha value is -0.410. The summed E-state index contributed by atoms with van der Waals surface area (Å²) in [7, 11) is 1.65. The Labute approximate surface area is 84.8 Å². The van der Waals surface area contributed by atoms with Crippen molar-refractivity contribution in [3.63, 3.8) is 0 Å². The van der Waals surface area contributed by atoms with Crippen molar-refractivity contribution >= 4 is 5.78 Å². The lowest BCUT2D eigenvalue weighted by molar-refractivity contribution is -0.191. The van der Waals surface area contributed by atoms with Crippen LogP contribution < -0.4 is 0 Å². The Morgan fingerprint density at radius 2 is 2.14 bits per heavy atom. The highest BCUT2D eigenvalue weighted by Crippen LogP contribution is 2.64. The fraction of sp³-hybridized carbons (Fsp3) is 0.909. The number of ether oxygens (including phenoxy) is 2. The quantitative estimate of drug-likeness (QED) is 0.676. The Balaban J connectivity index is 2.11. The molecule has 0 spiro atoms. The highest BCUT2D eigenvalue weighted by atomic mass is 16.7. The van der Waals surface area contributed by atoms with Gasteiger partial charge in [-0.15, -0.1) is 0 Å². The highest BCUT2D eigenvalue weighted by Gasteiger charge is 2.65. The molecule has 1 aliphatic carbocycles. The third kappa shape index (κ3) is 1.30. The third-order valence-corrected chi connectivity index (χ3v) is 3.88. The van der Waals surface area contributed by atoms with Gasteiger partial charge in [0, 0.05) is 13.0 Å². The van der Waals surface area contributed by atoms with Gasteiger partial charge in [0.15, 0.2) is 12.1 Å². The second-order valence-corrected chi connectivity index (χ2v) is 5.03. The van der Waals surface area contributed by atoms with Gasteiger partial charge in [-0.25, -0.2) is 0 Å². The van der Waals surface area contributed by atoms with Crippen molar-refractivity contribution in [1.29, 1.82) is 0 Å². The molecule has 1 aliphatic heterocycles. The molecule has 4 atom stereocenters. The van der Waals surface area contributed by atoms with Crippen molar-refractivity contribution < 1.29 is 14.3 Å². The summed E-state index contributed by atoms with van der Waals surface area (Å²) in [6, 6.07) is 0. The van der Waals surface area contributed by atoms with Gasteiger partial charge in [0.1, 0.15) is 6.10 Å². The Morgan fingerprint density at radius 1 is 1.50 bits per heavy atom. The number of carbonyl (C=O) groups excluding carboxylic acids is 1. The van der Waals surface area contributed by atoms with Gasteiger partial charge >= 0.3 is 0 Å². The second kappa shape index (κ2) is 3.04. The van der Waals surface area contributed by atoms with E-state index in [4.69, 9.17) is 9.47 Å². The molecular weight excluding hydrogens is 180 g/mol. The van der Waals surface area contributed by atoms with Crippen LogP contribution in [0.3, 0.4) is 0 Å². The molecule has 2 fully saturated rings. The van der Waals surface area contributed by atoms with Gasteiger partial charge in [-0.05, 0) is 24.7 Å². The summed E-state index contributed by atoms with van der Waals surface area (Å²) in [6.45, 7) is 6.04. The molecule has 3 nitrogen and oxygen atoms in total. The van der Waals surface area contributed by atoms with E-state index in [0.29, 0.717) is 11.8 Å². The fourth-order valence-corrected chi connectivity index (χ4v) is 2.77. The summed E-state index contributed by atoms with van der Waals surface area (Å²) in [4.78, 5) is 11.3. The predicted octanol–water partition coefficient (Wildman–Crippen LogP) is 1.61. The van der Waals surface area contributed by atoms with Gasteiger partial charge in [0.25, 0.3) is 0 Å². The van der Waals surface area contributed by atoms with Crippen molar-refractivity contribution in [2.45, 2.75) is 39.6 Å². The molecule has 1 saturated heterocycles. The maximum Gasteiger partial charge on any atom is 0.161 e. The predicted molar refractivity (Wildman–Crippen MR) is 51.7 cm³/mol. The van der Waals surface area contributed by atoms with Crippen LogP contribution in [0.15, 0.2) is 0 Å². The number of Topliss-reactive ketones (excluding diaryl/α,β-unsaturated/α-hetero) is 1. The van der Waals surface area contributed by atoms with Gasteiger partial charge in [-0.2, -0.15) is 0 Å². The fourth-order valence-electron chi connectivity index (χ4n) is 2.77. The Kier molecular flexibility index (Phi) is 2.20. The number of ketones is 1. The van der Waals surface area contributed by atoms with E-state index in [2.05, 4.69) is 13.8 Å². The summed E-state index contributed by atoms with van der Waals surface area (Å²) in [5, 5.41) is 0. The molecule has 14 heavy (non-hydrogen) atoms. The average Bonchev–Trinajstić information content (AvgIpc) is 2.68. The molecule has 3 heteroatoms. The standard InChI is InChI=1S/C11H18O3/c1-6(12)8-5-7-9(11(7,2)3)10(13-4)14-8/h7-10H,5H2,1-4H3. The lowest BCUT2D eigenvalue weighted by Gasteiger charge is -2.26. The minimum Gasteiger partial charge on any atom is -0.356 e. The van der Waals surface area contributed by atoms with Crippen LogP contribution in [-0.4, -0.2) is 25.3 Å². The summed E-state index contributed by atoms with van der Waals surface area (Å²) >= 11 is 0. The van der Waals surface area contributed by atoms with Crippen LogP contribution in [0.1, 0.15) is 27.2 Å². The van der Waals surface area contributed by atoms with Crippen LogP contribution in [0.25, 0.3) is 0 Å². The largest absolute Gasteiger partial charge is 0.356 e. The SMILES string of the molecule is COC1OC(C(C)=O)CC2C1C2(C)C. The van der Waals surface area contributed by atoms with Gasteiger partial charge < -0.3 is 9.47 Å². The third-order valence-electron chi connectivity index (χ3n) is 3.88. The van der Waals surface area contributed by atoms with Crippen molar-refractivity contribution in [2.24, 2.45) is 17.3 Å². The summed E-state index contributed by atoms with van der Waals surface area (Å²) in [5.74, 6) is 1.19. The van der Waals surface area contributed by atoms with E-state index in [-0.39, 0.29) is 23.6 Å². The van der Waals surface area contributed by atoms with Crippen LogP contribution in [-0.2, 0) is 14.3 Å². The van der Waals surface area contributed by atoms with E-state index >= 15 is 0 Å². The maximum absolute atomic E-state index is 11.3. The summed E-state index contributed by atoms with van der Waals surface area (Å²) < 4.78 is 10.9. The summed E-state index contributed by atoms with van der Waals surface area (Å²) in [6.07, 6.45) is 0.438. The lowest BCUT2D eigenvalue weighted by atomic mass is 10.0. The van der Waals surface area contributed by atoms with Crippen LogP contribution in [0, 0.1) is 17.3 Å². The first-order valence-corrected chi connectivity index (χ1v) is 5.17. The molecule has 80 valence electrons. The van der Waals surface area contributed by atoms with Crippen molar-refractivity contribution in [2.75, 3.05) is 7.11 Å². The molecule has 0 N–H and O–H groups in total. The average molecular weight is 198 g/mol. The number of methoxy groups -OCH3 is 1. The maximum atomic E-state index is 11.3. The molecule has 0 radical (unpaired) electrons. The van der Waals surface area contributed by atoms with E-state index < -0.39 is 0 Å². The zero-order valence-corrected chi connectivity index (χ0v) is 9.24. The molecule has 1 saturated carbocycles. The molecule has 0 aromatic heterocycles. The lowest BCUT2D eigenvalue weighted by Crippen LogP contribution is -2.35. The van der Waals surface area contributed by atoms with Gasteiger partial charge in [-0.1, -0.05) is 13.8 Å². The molecule has 0 bridgehead atoms. The van der Waals surface area contributed by atoms with E-state index in [9.17, 15) is 4.79 Å². The smallest absolute Gasteiger partial charge is 0.161 e. The molecular formula is C11H18O3. The zero-order valence-electron chi connectivity index (χ0n) is 9.24. The van der Waals surface area contributed by atoms with Crippen LogP contribution in [0.5, 0.6) is 0 Å². The monoisotopic (exact) mass is 198 g/mol. The topological polar surface area (TPSA) is 35.5 Å². The van der Waals surface area contributed by atoms with E-state index in [1.807, 2.05) is 0 Å². The van der Waals surface area contributed by atoms with Gasteiger partial charge in [0.2, 0.25) is 0 Å². The normalized spacial score (nSPS) is 44.3. The van der Waals surface area contributed by atoms with Gasteiger partial charge in [-0.3, -0.25) is 4.79 Å². The minimum absolute atomic E-state index is 0.119. The first kappa shape index (κ1) is 10.1. The summed E-state index contributed by atoms with van der Waals surface area (Å²) in [5.41, 5.74) is 0.283. The molecule has 2 rings (SSSR count). The van der Waals surface area contributed by atoms with Crippen LogP contribution >= 0.6 is 0 Å². The molecule has 0 aromatic rings. The van der Waals surface area contributed by atoms with E-state index in [0.717, 1.165) is 6.42 Å². The Morgan fingerprint density at radius 3 is 2.64 bits per heavy atom. The zero-order chi connectivity index (χ0) is 10.5. The van der Waals surface area contributed by atoms with Crippen molar-refractivity contribution in [3.8, 4) is 0 Å². The second-order valence-electron chi connectivity index (χ2n) is 5.03. The van der Waals surface area contributed by atoms with Crippen molar-refractivity contribution in [1.82, 2.24) is 0 Å². The highest BCUT2D eigenvalue weighted by molar-refractivity contribution is 5.80.